The van der Waals surface area contributed by atoms with Crippen LogP contribution in [0.2, 0.25) is 0 Å². The van der Waals surface area contributed by atoms with Gasteiger partial charge in [-0.2, -0.15) is 0 Å². The number of fused-ring (bicyclic) bond motifs is 4. The highest BCUT2D eigenvalue weighted by molar-refractivity contribution is 5.78. The first kappa shape index (κ1) is 33.5. The molecule has 0 aromatic carbocycles. The van der Waals surface area contributed by atoms with E-state index < -0.39 is 16.9 Å². The van der Waals surface area contributed by atoms with Crippen molar-refractivity contribution in [2.75, 3.05) is 6.61 Å². The van der Waals surface area contributed by atoms with Crippen molar-refractivity contribution in [1.29, 1.82) is 0 Å². The fraction of sp³-hybridized carbons (Fsp3) is 0.769. The smallest absolute Gasteiger partial charge is 0.312 e. The SMILES string of the molecule is C=C(C)[C@@H]1CC[C@]2(C(=O)OCCCCn3ccnc3CC)CC[C@]3(C)[C@H](C[C@H]4OC(=O)C[C@@H](O)[C@]5(C)[C@@H]4[C@@]3(C)CC[C@H]5C(=C)C)[C@@H]12. The first-order valence-corrected chi connectivity index (χ1v) is 18.1. The number of rotatable bonds is 9. The molecule has 1 aromatic rings. The Morgan fingerprint density at radius 1 is 1.09 bits per heavy atom. The highest BCUT2D eigenvalue weighted by Crippen LogP contribution is 2.77. The molecule has 1 saturated heterocycles. The summed E-state index contributed by atoms with van der Waals surface area (Å²) in [6.07, 6.45) is 11.7. The van der Waals surface area contributed by atoms with Crippen LogP contribution in [-0.4, -0.2) is 45.4 Å². The third-order valence-corrected chi connectivity index (χ3v) is 14.7. The molecular weight excluding hydrogens is 576 g/mol. The van der Waals surface area contributed by atoms with E-state index >= 15 is 0 Å². The van der Waals surface area contributed by atoms with E-state index in [1.54, 1.807) is 0 Å². The highest BCUT2D eigenvalue weighted by atomic mass is 16.5. The molecule has 4 saturated carbocycles. The summed E-state index contributed by atoms with van der Waals surface area (Å²) < 4.78 is 14.8. The number of hydrogen-bond acceptors (Lipinski definition) is 6. The molecule has 0 unspecified atom stereocenters. The quantitative estimate of drug-likeness (QED) is 0.172. The normalized spacial score (nSPS) is 43.0. The van der Waals surface area contributed by atoms with Gasteiger partial charge in [0.2, 0.25) is 0 Å². The number of hydrogen-bond donors (Lipinski definition) is 1. The molecule has 0 amide bonds. The van der Waals surface area contributed by atoms with Crippen LogP contribution < -0.4 is 0 Å². The third-order valence-electron chi connectivity index (χ3n) is 14.7. The topological polar surface area (TPSA) is 90.7 Å². The Kier molecular flexibility index (Phi) is 8.68. The van der Waals surface area contributed by atoms with Gasteiger partial charge in [-0.1, -0.05) is 52.0 Å². The van der Waals surface area contributed by atoms with Crippen molar-refractivity contribution >= 4 is 11.9 Å². The van der Waals surface area contributed by atoms with Gasteiger partial charge >= 0.3 is 11.9 Å². The zero-order valence-electron chi connectivity index (χ0n) is 29.3. The van der Waals surface area contributed by atoms with Gasteiger partial charge in [0.15, 0.2) is 0 Å². The number of aromatic nitrogens is 2. The molecular formula is C39H58N2O5. The number of allylic oxidation sites excluding steroid dienone is 2. The number of carbonyl (C=O) groups is 2. The fourth-order valence-electron chi connectivity index (χ4n) is 12.3. The Morgan fingerprint density at radius 3 is 2.54 bits per heavy atom. The monoisotopic (exact) mass is 634 g/mol. The van der Waals surface area contributed by atoms with Gasteiger partial charge in [-0.05, 0) is 106 Å². The number of ether oxygens (including phenoxy) is 2. The molecule has 1 aromatic heterocycles. The maximum Gasteiger partial charge on any atom is 0.312 e. The number of aliphatic hydroxyl groups excluding tert-OH is 1. The van der Waals surface area contributed by atoms with Crippen molar-refractivity contribution in [2.24, 2.45) is 51.2 Å². The lowest BCUT2D eigenvalue weighted by atomic mass is 9.33. The molecule has 2 heterocycles. The van der Waals surface area contributed by atoms with Crippen LogP contribution in [0.5, 0.6) is 0 Å². The summed E-state index contributed by atoms with van der Waals surface area (Å²) in [7, 11) is 0. The lowest BCUT2D eigenvalue weighted by Gasteiger charge is -2.71. The number of aliphatic hydroxyl groups is 1. The van der Waals surface area contributed by atoms with E-state index in [9.17, 15) is 14.7 Å². The molecule has 5 aliphatic rings. The number of imidazole rings is 1. The van der Waals surface area contributed by atoms with Gasteiger partial charge in [-0.25, -0.2) is 4.98 Å². The molecule has 7 nitrogen and oxygen atoms in total. The maximum absolute atomic E-state index is 14.3. The van der Waals surface area contributed by atoms with Gasteiger partial charge in [0.1, 0.15) is 11.9 Å². The largest absolute Gasteiger partial charge is 0.465 e. The number of unbranched alkanes of at least 4 members (excludes halogenated alkanes) is 1. The molecule has 1 aliphatic heterocycles. The van der Waals surface area contributed by atoms with Crippen LogP contribution in [0.4, 0.5) is 0 Å². The second-order valence-electron chi connectivity index (χ2n) is 16.6. The molecule has 11 atom stereocenters. The van der Waals surface area contributed by atoms with Crippen molar-refractivity contribution in [3.63, 3.8) is 0 Å². The van der Waals surface area contributed by atoms with Gasteiger partial charge in [0.25, 0.3) is 0 Å². The Labute approximate surface area is 276 Å². The summed E-state index contributed by atoms with van der Waals surface area (Å²) in [5.41, 5.74) is 0.935. The predicted octanol–water partition coefficient (Wildman–Crippen LogP) is 7.47. The third kappa shape index (κ3) is 4.79. The van der Waals surface area contributed by atoms with Crippen molar-refractivity contribution in [3.05, 3.63) is 42.5 Å². The summed E-state index contributed by atoms with van der Waals surface area (Å²) >= 11 is 0. The van der Waals surface area contributed by atoms with E-state index in [1.165, 1.54) is 0 Å². The standard InChI is InChI=1S/C39H58N2O5/c1-9-31-40-18-20-41(31)19-10-11-21-45-35(44)39-15-12-26(24(2)3)33(39)28-22-29-34-37(7,36(28,6)16-17-39)14-13-27(25(4)5)38(34,8)30(42)23-32(43)46-29/h18,20,26-30,33-34,42H,2,4,9-17,19,21-23H2,1,3,5-8H3/t26-,27-,28+,29+,30+,33+,34-,36+,37+,38+,39-/m0/s1. The van der Waals surface area contributed by atoms with Gasteiger partial charge in [0.05, 0.1) is 24.5 Å². The Morgan fingerprint density at radius 2 is 1.85 bits per heavy atom. The average molecular weight is 635 g/mol. The average Bonchev–Trinajstić information content (AvgIpc) is 3.60. The Bertz CT molecular complexity index is 1380. The summed E-state index contributed by atoms with van der Waals surface area (Å²) in [6.45, 7) is 23.6. The van der Waals surface area contributed by atoms with Crippen LogP contribution in [0.25, 0.3) is 0 Å². The van der Waals surface area contributed by atoms with Gasteiger partial charge in [-0.3, -0.25) is 9.59 Å². The number of aryl methyl sites for hydroxylation is 2. The first-order valence-electron chi connectivity index (χ1n) is 18.1. The van der Waals surface area contributed by atoms with Gasteiger partial charge in [0, 0.05) is 36.7 Å². The number of nitrogens with zero attached hydrogens (tertiary/aromatic N) is 2. The van der Waals surface area contributed by atoms with E-state index in [1.807, 2.05) is 12.4 Å². The van der Waals surface area contributed by atoms with Crippen molar-refractivity contribution in [2.45, 2.75) is 131 Å². The molecule has 0 bridgehead atoms. The van der Waals surface area contributed by atoms with E-state index in [-0.39, 0.29) is 64.9 Å². The van der Waals surface area contributed by atoms with E-state index in [2.05, 4.69) is 64.3 Å². The Balaban J connectivity index is 1.29. The highest BCUT2D eigenvalue weighted by Gasteiger charge is 2.74. The van der Waals surface area contributed by atoms with E-state index in [0.29, 0.717) is 6.61 Å². The molecule has 0 radical (unpaired) electrons. The predicted molar refractivity (Wildman–Crippen MR) is 178 cm³/mol. The minimum atomic E-state index is -0.772. The lowest BCUT2D eigenvalue weighted by molar-refractivity contribution is -0.260. The lowest BCUT2D eigenvalue weighted by Crippen LogP contribution is -2.69. The summed E-state index contributed by atoms with van der Waals surface area (Å²) in [6, 6.07) is 0. The first-order chi connectivity index (χ1) is 21.7. The van der Waals surface area contributed by atoms with Crippen molar-refractivity contribution < 1.29 is 24.2 Å². The molecule has 254 valence electrons. The molecule has 5 fully saturated rings. The zero-order chi connectivity index (χ0) is 33.2. The van der Waals surface area contributed by atoms with Crippen LogP contribution in [0, 0.1) is 51.2 Å². The summed E-state index contributed by atoms with van der Waals surface area (Å²) in [4.78, 5) is 32.0. The maximum atomic E-state index is 14.3. The van der Waals surface area contributed by atoms with Gasteiger partial charge in [-0.15, -0.1) is 0 Å². The fourth-order valence-corrected chi connectivity index (χ4v) is 12.3. The minimum Gasteiger partial charge on any atom is -0.465 e. The van der Waals surface area contributed by atoms with E-state index in [0.717, 1.165) is 87.7 Å². The number of carbonyl (C=O) groups excluding carboxylic acids is 2. The van der Waals surface area contributed by atoms with Crippen LogP contribution in [0.15, 0.2) is 36.7 Å². The second kappa shape index (κ2) is 11.9. The van der Waals surface area contributed by atoms with Crippen molar-refractivity contribution in [1.82, 2.24) is 9.55 Å². The van der Waals surface area contributed by atoms with Crippen LogP contribution in [-0.2, 0) is 32.0 Å². The summed E-state index contributed by atoms with van der Waals surface area (Å²) in [5, 5.41) is 11.7. The molecule has 4 aliphatic carbocycles. The molecule has 46 heavy (non-hydrogen) atoms. The Hall–Kier alpha value is -2.41. The molecule has 7 heteroatoms. The minimum absolute atomic E-state index is 0.0194. The van der Waals surface area contributed by atoms with E-state index in [4.69, 9.17) is 9.47 Å². The van der Waals surface area contributed by atoms with Crippen molar-refractivity contribution in [3.8, 4) is 0 Å². The van der Waals surface area contributed by atoms with Crippen LogP contribution in [0.1, 0.15) is 112 Å². The molecule has 6 rings (SSSR count). The summed E-state index contributed by atoms with van der Waals surface area (Å²) in [5.74, 6) is 1.43. The second-order valence-corrected chi connectivity index (χ2v) is 16.6. The van der Waals surface area contributed by atoms with Gasteiger partial charge < -0.3 is 19.1 Å². The zero-order valence-corrected chi connectivity index (χ0v) is 29.3. The molecule has 1 N–H and O–H groups in total. The number of esters is 2. The molecule has 0 spiro atoms. The van der Waals surface area contributed by atoms with Crippen LogP contribution >= 0.6 is 0 Å². The van der Waals surface area contributed by atoms with Crippen LogP contribution in [0.3, 0.4) is 0 Å².